The summed E-state index contributed by atoms with van der Waals surface area (Å²) in [5.74, 6) is -0.146. The number of anilines is 1. The second-order valence-corrected chi connectivity index (χ2v) is 4.11. The van der Waals surface area contributed by atoms with Crippen LogP contribution in [-0.2, 0) is 0 Å². The van der Waals surface area contributed by atoms with E-state index in [1.807, 2.05) is 31.3 Å². The molecule has 0 atom stereocenters. The molecule has 0 spiro atoms. The number of nitrogens with one attached hydrogen (secondary N) is 3. The lowest BCUT2D eigenvalue weighted by atomic mass is 10.1. The van der Waals surface area contributed by atoms with Crippen molar-refractivity contribution in [3.8, 4) is 0 Å². The maximum Gasteiger partial charge on any atom is 0.257 e. The Morgan fingerprint density at radius 2 is 2.22 bits per heavy atom. The van der Waals surface area contributed by atoms with Crippen LogP contribution < -0.4 is 5.32 Å². The van der Waals surface area contributed by atoms with E-state index < -0.39 is 0 Å². The number of rotatable bonds is 2. The summed E-state index contributed by atoms with van der Waals surface area (Å²) in [4.78, 5) is 15.3. The Hall–Kier alpha value is -2.56. The summed E-state index contributed by atoms with van der Waals surface area (Å²) in [5, 5.41) is 10.5. The third-order valence-electron chi connectivity index (χ3n) is 2.91. The first kappa shape index (κ1) is 10.6. The molecule has 3 rings (SSSR count). The van der Waals surface area contributed by atoms with E-state index in [0.29, 0.717) is 11.3 Å². The third-order valence-corrected chi connectivity index (χ3v) is 2.91. The Bertz CT molecular complexity index is 710. The van der Waals surface area contributed by atoms with Crippen LogP contribution in [0.5, 0.6) is 0 Å². The lowest BCUT2D eigenvalue weighted by Crippen LogP contribution is -2.12. The Labute approximate surface area is 103 Å². The lowest BCUT2D eigenvalue weighted by molar-refractivity contribution is 0.102. The normalized spacial score (nSPS) is 10.7. The Morgan fingerprint density at radius 1 is 1.33 bits per heavy atom. The minimum atomic E-state index is -0.146. The summed E-state index contributed by atoms with van der Waals surface area (Å²) in [7, 11) is 0. The van der Waals surface area contributed by atoms with Crippen LogP contribution in [0.25, 0.3) is 10.9 Å². The number of aromatic amines is 2. The summed E-state index contributed by atoms with van der Waals surface area (Å²) in [5.41, 5.74) is 3.00. The van der Waals surface area contributed by atoms with Gasteiger partial charge in [0.1, 0.15) is 0 Å². The fourth-order valence-electron chi connectivity index (χ4n) is 1.94. The highest BCUT2D eigenvalue weighted by molar-refractivity contribution is 6.12. The first-order valence-electron chi connectivity index (χ1n) is 5.63. The molecular formula is C13H12N4O. The maximum atomic E-state index is 12.2. The van der Waals surface area contributed by atoms with Gasteiger partial charge in [-0.2, -0.15) is 5.10 Å². The molecule has 1 amide bonds. The SMILES string of the molecule is Cc1[nH]ncc1NC(=O)c1cccc2cc[nH]c12. The highest BCUT2D eigenvalue weighted by atomic mass is 16.1. The van der Waals surface area contributed by atoms with Crippen LogP contribution in [0.4, 0.5) is 5.69 Å². The first-order valence-corrected chi connectivity index (χ1v) is 5.63. The highest BCUT2D eigenvalue weighted by Crippen LogP contribution is 2.19. The largest absolute Gasteiger partial charge is 0.361 e. The Morgan fingerprint density at radius 3 is 3.00 bits per heavy atom. The second-order valence-electron chi connectivity index (χ2n) is 4.11. The van der Waals surface area contributed by atoms with Crippen LogP contribution in [0.2, 0.25) is 0 Å². The van der Waals surface area contributed by atoms with Crippen molar-refractivity contribution in [2.45, 2.75) is 6.92 Å². The zero-order chi connectivity index (χ0) is 12.5. The number of nitrogens with zero attached hydrogens (tertiary/aromatic N) is 1. The van der Waals surface area contributed by atoms with E-state index >= 15 is 0 Å². The molecule has 0 fully saturated rings. The first-order chi connectivity index (χ1) is 8.75. The fourth-order valence-corrected chi connectivity index (χ4v) is 1.94. The average molecular weight is 240 g/mol. The molecule has 0 bridgehead atoms. The summed E-state index contributed by atoms with van der Waals surface area (Å²) in [6.45, 7) is 1.86. The molecule has 0 aliphatic heterocycles. The standard InChI is InChI=1S/C13H12N4O/c1-8-11(7-15-17-8)16-13(18)10-4-2-3-9-5-6-14-12(9)10/h2-7,14H,1H3,(H,15,17)(H,16,18). The number of fused-ring (bicyclic) bond motifs is 1. The van der Waals surface area contributed by atoms with Gasteiger partial charge < -0.3 is 10.3 Å². The van der Waals surface area contributed by atoms with Gasteiger partial charge in [-0.15, -0.1) is 0 Å². The van der Waals surface area contributed by atoms with E-state index in [1.165, 1.54) is 0 Å². The number of amides is 1. The minimum Gasteiger partial charge on any atom is -0.361 e. The number of benzene rings is 1. The van der Waals surface area contributed by atoms with Gasteiger partial charge in [0.15, 0.2) is 0 Å². The van der Waals surface area contributed by atoms with Gasteiger partial charge in [-0.25, -0.2) is 0 Å². The fraction of sp³-hybridized carbons (Fsp3) is 0.0769. The van der Waals surface area contributed by atoms with Gasteiger partial charge in [0, 0.05) is 11.6 Å². The molecule has 5 nitrogen and oxygen atoms in total. The molecule has 0 radical (unpaired) electrons. The quantitative estimate of drug-likeness (QED) is 0.643. The van der Waals surface area contributed by atoms with Crippen LogP contribution in [0, 0.1) is 6.92 Å². The van der Waals surface area contributed by atoms with Crippen molar-refractivity contribution < 1.29 is 4.79 Å². The molecule has 2 aromatic heterocycles. The van der Waals surface area contributed by atoms with Crippen molar-refractivity contribution >= 4 is 22.5 Å². The van der Waals surface area contributed by atoms with Gasteiger partial charge in [-0.3, -0.25) is 9.89 Å². The van der Waals surface area contributed by atoms with Crippen molar-refractivity contribution in [1.82, 2.24) is 15.2 Å². The van der Waals surface area contributed by atoms with Crippen molar-refractivity contribution in [2.24, 2.45) is 0 Å². The van der Waals surface area contributed by atoms with Crippen LogP contribution in [0.15, 0.2) is 36.7 Å². The predicted molar refractivity (Wildman–Crippen MR) is 69.6 cm³/mol. The van der Waals surface area contributed by atoms with Gasteiger partial charge in [0.2, 0.25) is 0 Å². The van der Waals surface area contributed by atoms with Gasteiger partial charge in [0.25, 0.3) is 5.91 Å². The lowest BCUT2D eigenvalue weighted by Gasteiger charge is -2.05. The number of hydrogen-bond acceptors (Lipinski definition) is 2. The number of H-pyrrole nitrogens is 2. The molecule has 0 saturated carbocycles. The molecular weight excluding hydrogens is 228 g/mol. The Kier molecular flexibility index (Phi) is 2.37. The van der Waals surface area contributed by atoms with Crippen LogP contribution >= 0.6 is 0 Å². The molecule has 90 valence electrons. The minimum absolute atomic E-state index is 0.146. The van der Waals surface area contributed by atoms with Gasteiger partial charge in [0.05, 0.1) is 28.7 Å². The van der Waals surface area contributed by atoms with E-state index in [-0.39, 0.29) is 5.91 Å². The summed E-state index contributed by atoms with van der Waals surface area (Å²) < 4.78 is 0. The molecule has 1 aromatic carbocycles. The third kappa shape index (κ3) is 1.66. The van der Waals surface area contributed by atoms with Crippen molar-refractivity contribution in [3.05, 3.63) is 47.9 Å². The van der Waals surface area contributed by atoms with Gasteiger partial charge >= 0.3 is 0 Å². The monoisotopic (exact) mass is 240 g/mol. The number of hydrogen-bond donors (Lipinski definition) is 3. The van der Waals surface area contributed by atoms with E-state index in [2.05, 4.69) is 20.5 Å². The average Bonchev–Trinajstić information content (AvgIpc) is 2.98. The molecule has 3 N–H and O–H groups in total. The van der Waals surface area contributed by atoms with Crippen molar-refractivity contribution in [3.63, 3.8) is 0 Å². The van der Waals surface area contributed by atoms with E-state index in [4.69, 9.17) is 0 Å². The predicted octanol–water partition coefficient (Wildman–Crippen LogP) is 2.45. The molecule has 5 heteroatoms. The second kappa shape index (κ2) is 4.03. The van der Waals surface area contributed by atoms with Crippen LogP contribution in [0.3, 0.4) is 0 Å². The maximum absolute atomic E-state index is 12.2. The van der Waals surface area contributed by atoms with Gasteiger partial charge in [-0.05, 0) is 19.1 Å². The van der Waals surface area contributed by atoms with E-state index in [0.717, 1.165) is 16.6 Å². The van der Waals surface area contributed by atoms with Crippen molar-refractivity contribution in [2.75, 3.05) is 5.32 Å². The van der Waals surface area contributed by atoms with Crippen LogP contribution in [0.1, 0.15) is 16.1 Å². The molecule has 18 heavy (non-hydrogen) atoms. The van der Waals surface area contributed by atoms with Crippen molar-refractivity contribution in [1.29, 1.82) is 0 Å². The highest BCUT2D eigenvalue weighted by Gasteiger charge is 2.12. The smallest absolute Gasteiger partial charge is 0.257 e. The molecule has 3 aromatic rings. The molecule has 0 unspecified atom stereocenters. The number of para-hydroxylation sites is 1. The molecule has 0 aliphatic rings. The molecule has 2 heterocycles. The van der Waals surface area contributed by atoms with Crippen LogP contribution in [-0.4, -0.2) is 21.1 Å². The molecule has 0 aliphatic carbocycles. The van der Waals surface area contributed by atoms with E-state index in [9.17, 15) is 4.79 Å². The number of aromatic nitrogens is 3. The summed E-state index contributed by atoms with van der Waals surface area (Å²) in [6, 6.07) is 7.57. The number of aryl methyl sites for hydroxylation is 1. The summed E-state index contributed by atoms with van der Waals surface area (Å²) >= 11 is 0. The molecule has 0 saturated heterocycles. The number of carbonyl (C=O) groups is 1. The topological polar surface area (TPSA) is 73.6 Å². The zero-order valence-electron chi connectivity index (χ0n) is 9.82. The zero-order valence-corrected chi connectivity index (χ0v) is 9.82. The number of carbonyl (C=O) groups excluding carboxylic acids is 1. The summed E-state index contributed by atoms with van der Waals surface area (Å²) in [6.07, 6.45) is 3.42. The Balaban J connectivity index is 1.97. The van der Waals surface area contributed by atoms with Gasteiger partial charge in [-0.1, -0.05) is 12.1 Å². The van der Waals surface area contributed by atoms with E-state index in [1.54, 1.807) is 12.3 Å².